The van der Waals surface area contributed by atoms with Crippen LogP contribution in [0.25, 0.3) is 11.0 Å². The molecular weight excluding hydrogens is 494 g/mol. The molecule has 1 atom stereocenters. The first-order valence-corrected chi connectivity index (χ1v) is 14.2. The molecular formula is C30H37N5O2S. The van der Waals surface area contributed by atoms with Crippen LogP contribution >= 0.6 is 11.8 Å². The van der Waals surface area contributed by atoms with Gasteiger partial charge in [-0.15, -0.1) is 0 Å². The first-order valence-electron chi connectivity index (χ1n) is 13.3. The number of nitrogens with zero attached hydrogens (tertiary/aromatic N) is 5. The molecule has 0 saturated carbocycles. The largest absolute Gasteiger partial charge is 0.332 e. The highest BCUT2D eigenvalue weighted by molar-refractivity contribution is 7.99. The van der Waals surface area contributed by atoms with Crippen molar-refractivity contribution in [2.45, 2.75) is 69.1 Å². The van der Waals surface area contributed by atoms with Crippen LogP contribution in [0.15, 0.2) is 74.1 Å². The summed E-state index contributed by atoms with van der Waals surface area (Å²) < 4.78 is 4.76. The standard InChI is InChI=1S/C30H37N5O2S/c1-30(2,3)20-34-26-25(27(36)33(5)29(34)37)28(38-23-11-7-6-8-12-23)35(31-26)19-21-14-16-22(17-15-21)24-13-9-10-18-32(24)4/h6-8,11-12,14-17,24H,9-10,13,18-20H2,1-5H3. The van der Waals surface area contributed by atoms with E-state index in [4.69, 9.17) is 5.10 Å². The van der Waals surface area contributed by atoms with Crippen molar-refractivity contribution in [1.29, 1.82) is 0 Å². The highest BCUT2D eigenvalue weighted by atomic mass is 32.2. The Morgan fingerprint density at radius 2 is 1.68 bits per heavy atom. The van der Waals surface area contributed by atoms with Crippen LogP contribution < -0.4 is 11.2 Å². The third kappa shape index (κ3) is 5.38. The molecule has 0 radical (unpaired) electrons. The number of rotatable bonds is 6. The van der Waals surface area contributed by atoms with E-state index in [1.165, 1.54) is 41.2 Å². The van der Waals surface area contributed by atoms with Gasteiger partial charge in [-0.05, 0) is 55.1 Å². The summed E-state index contributed by atoms with van der Waals surface area (Å²) in [6.07, 6.45) is 3.72. The zero-order valence-electron chi connectivity index (χ0n) is 23.0. The topological polar surface area (TPSA) is 65.1 Å². The van der Waals surface area contributed by atoms with Crippen molar-refractivity contribution in [1.82, 2.24) is 23.8 Å². The van der Waals surface area contributed by atoms with Crippen molar-refractivity contribution in [2.24, 2.45) is 12.5 Å². The van der Waals surface area contributed by atoms with Gasteiger partial charge >= 0.3 is 5.69 Å². The van der Waals surface area contributed by atoms with E-state index < -0.39 is 0 Å². The summed E-state index contributed by atoms with van der Waals surface area (Å²) in [5.41, 5.74) is 2.10. The predicted molar refractivity (Wildman–Crippen MR) is 154 cm³/mol. The van der Waals surface area contributed by atoms with Gasteiger partial charge in [0, 0.05) is 24.5 Å². The molecule has 2 aromatic heterocycles. The highest BCUT2D eigenvalue weighted by Crippen LogP contribution is 2.34. The molecule has 0 aliphatic carbocycles. The fraction of sp³-hybridized carbons (Fsp3) is 0.433. The maximum atomic E-state index is 13.5. The normalized spacial score (nSPS) is 16.8. The van der Waals surface area contributed by atoms with E-state index in [2.05, 4.69) is 57.0 Å². The number of hydrogen-bond acceptors (Lipinski definition) is 5. The van der Waals surface area contributed by atoms with Gasteiger partial charge in [-0.2, -0.15) is 5.10 Å². The molecule has 0 N–H and O–H groups in total. The minimum atomic E-state index is -0.334. The zero-order valence-corrected chi connectivity index (χ0v) is 23.8. The molecule has 0 amide bonds. The Morgan fingerprint density at radius 1 is 0.974 bits per heavy atom. The third-order valence-electron chi connectivity index (χ3n) is 7.24. The van der Waals surface area contributed by atoms with Crippen molar-refractivity contribution in [2.75, 3.05) is 13.6 Å². The number of benzene rings is 2. The van der Waals surface area contributed by atoms with Crippen molar-refractivity contribution in [3.63, 3.8) is 0 Å². The summed E-state index contributed by atoms with van der Waals surface area (Å²) in [4.78, 5) is 30.1. The molecule has 1 aliphatic rings. The van der Waals surface area contributed by atoms with Gasteiger partial charge in [0.2, 0.25) is 0 Å². The third-order valence-corrected chi connectivity index (χ3v) is 8.35. The van der Waals surface area contributed by atoms with Crippen LogP contribution in [0.2, 0.25) is 0 Å². The second kappa shape index (κ2) is 10.6. The van der Waals surface area contributed by atoms with Crippen LogP contribution in [0.3, 0.4) is 0 Å². The molecule has 7 nitrogen and oxygen atoms in total. The number of hydrogen-bond donors (Lipinski definition) is 0. The molecule has 8 heteroatoms. The van der Waals surface area contributed by atoms with Crippen molar-refractivity contribution < 1.29 is 0 Å². The van der Waals surface area contributed by atoms with Crippen LogP contribution in [0.5, 0.6) is 0 Å². The van der Waals surface area contributed by atoms with Crippen LogP contribution in [-0.2, 0) is 20.1 Å². The van der Waals surface area contributed by atoms with Crippen LogP contribution in [0.1, 0.15) is 57.2 Å². The molecule has 1 unspecified atom stereocenters. The lowest BCUT2D eigenvalue weighted by Crippen LogP contribution is -2.40. The Morgan fingerprint density at radius 3 is 2.34 bits per heavy atom. The second-order valence-electron chi connectivity index (χ2n) is 11.6. The van der Waals surface area contributed by atoms with Crippen LogP contribution in [0, 0.1) is 5.41 Å². The number of fused-ring (bicyclic) bond motifs is 1. The quantitative estimate of drug-likeness (QED) is 0.338. The minimum absolute atomic E-state index is 0.160. The molecule has 3 heterocycles. The number of piperidine rings is 1. The zero-order chi connectivity index (χ0) is 27.0. The monoisotopic (exact) mass is 531 g/mol. The summed E-state index contributed by atoms with van der Waals surface area (Å²) >= 11 is 1.52. The summed E-state index contributed by atoms with van der Waals surface area (Å²) in [5, 5.41) is 6.16. The van der Waals surface area contributed by atoms with Crippen molar-refractivity contribution in [3.05, 3.63) is 86.6 Å². The molecule has 1 aliphatic heterocycles. The van der Waals surface area contributed by atoms with E-state index in [1.54, 1.807) is 11.6 Å². The van der Waals surface area contributed by atoms with E-state index in [0.717, 1.165) is 22.0 Å². The summed E-state index contributed by atoms with van der Waals surface area (Å²) in [5.74, 6) is 0. The van der Waals surface area contributed by atoms with Gasteiger partial charge in [-0.3, -0.25) is 23.5 Å². The van der Waals surface area contributed by atoms with Crippen LogP contribution in [-0.4, -0.2) is 37.4 Å². The lowest BCUT2D eigenvalue weighted by atomic mass is 9.95. The lowest BCUT2D eigenvalue weighted by molar-refractivity contribution is 0.187. The lowest BCUT2D eigenvalue weighted by Gasteiger charge is -2.32. The molecule has 0 bridgehead atoms. The molecule has 0 spiro atoms. The first-order chi connectivity index (χ1) is 18.1. The fourth-order valence-electron chi connectivity index (χ4n) is 5.28. The molecule has 200 valence electrons. The Hall–Kier alpha value is -3.10. The van der Waals surface area contributed by atoms with Crippen molar-refractivity contribution >= 4 is 22.8 Å². The van der Waals surface area contributed by atoms with E-state index in [9.17, 15) is 9.59 Å². The van der Waals surface area contributed by atoms with E-state index in [1.807, 2.05) is 35.0 Å². The second-order valence-corrected chi connectivity index (χ2v) is 12.7. The summed E-state index contributed by atoms with van der Waals surface area (Å²) in [6.45, 7) is 8.36. The van der Waals surface area contributed by atoms with E-state index in [0.29, 0.717) is 30.2 Å². The Balaban J connectivity index is 1.60. The Bertz CT molecular complexity index is 1540. The van der Waals surface area contributed by atoms with Gasteiger partial charge in [0.15, 0.2) is 5.65 Å². The molecule has 4 aromatic rings. The van der Waals surface area contributed by atoms with Gasteiger partial charge in [0.25, 0.3) is 5.56 Å². The molecule has 1 saturated heterocycles. The van der Waals surface area contributed by atoms with Crippen LogP contribution in [0.4, 0.5) is 0 Å². The van der Waals surface area contributed by atoms with Crippen molar-refractivity contribution in [3.8, 4) is 0 Å². The van der Waals surface area contributed by atoms with E-state index >= 15 is 0 Å². The smallest absolute Gasteiger partial charge is 0.299 e. The van der Waals surface area contributed by atoms with Gasteiger partial charge in [0.05, 0.1) is 6.54 Å². The first kappa shape index (κ1) is 26.5. The average Bonchev–Trinajstić information content (AvgIpc) is 3.24. The molecule has 5 rings (SSSR count). The highest BCUT2D eigenvalue weighted by Gasteiger charge is 2.25. The summed E-state index contributed by atoms with van der Waals surface area (Å²) in [7, 11) is 3.76. The summed E-state index contributed by atoms with van der Waals surface area (Å²) in [6, 6.07) is 19.3. The Kier molecular flexibility index (Phi) is 7.38. The number of aromatic nitrogens is 4. The fourth-order valence-corrected chi connectivity index (χ4v) is 6.29. The maximum absolute atomic E-state index is 13.5. The van der Waals surface area contributed by atoms with Gasteiger partial charge < -0.3 is 0 Å². The van der Waals surface area contributed by atoms with Gasteiger partial charge in [-0.1, -0.05) is 81.4 Å². The molecule has 2 aromatic carbocycles. The average molecular weight is 532 g/mol. The molecule has 1 fully saturated rings. The van der Waals surface area contributed by atoms with Gasteiger partial charge in [0.1, 0.15) is 10.4 Å². The SMILES string of the molecule is CN1CCCCC1c1ccc(Cn2nc3c(c2Sc2ccccc2)c(=O)n(C)c(=O)n3CC(C)(C)C)cc1. The predicted octanol–water partition coefficient (Wildman–Crippen LogP) is 5.30. The maximum Gasteiger partial charge on any atom is 0.332 e. The molecule has 38 heavy (non-hydrogen) atoms. The Labute approximate surface area is 228 Å². The minimum Gasteiger partial charge on any atom is -0.299 e. The van der Waals surface area contributed by atoms with Gasteiger partial charge in [-0.25, -0.2) is 4.79 Å². The van der Waals surface area contributed by atoms with E-state index in [-0.39, 0.29) is 16.7 Å². The number of likely N-dealkylation sites (tertiary alicyclic amines) is 1.